The third-order valence-corrected chi connectivity index (χ3v) is 3.23. The van der Waals surface area contributed by atoms with Crippen molar-refractivity contribution in [2.45, 2.75) is 26.8 Å². The van der Waals surface area contributed by atoms with Gasteiger partial charge in [-0.15, -0.1) is 0 Å². The third-order valence-electron chi connectivity index (χ3n) is 3.23. The number of hydrogen-bond donors (Lipinski definition) is 2. The molecule has 0 amide bonds. The normalized spacial score (nSPS) is 12.2. The summed E-state index contributed by atoms with van der Waals surface area (Å²) in [5, 5.41) is 13.2. The number of aromatic nitrogens is 1. The van der Waals surface area contributed by atoms with Crippen LogP contribution in [0, 0.1) is 19.7 Å². The molecular formula is C15H17FN2O. The number of anilines is 1. The van der Waals surface area contributed by atoms with Gasteiger partial charge in [-0.3, -0.25) is 4.98 Å². The van der Waals surface area contributed by atoms with E-state index < -0.39 is 0 Å². The molecular weight excluding hydrogens is 243 g/mol. The molecule has 100 valence electrons. The van der Waals surface area contributed by atoms with Gasteiger partial charge in [0.1, 0.15) is 11.6 Å². The lowest BCUT2D eigenvalue weighted by molar-refractivity contribution is 0.467. The van der Waals surface area contributed by atoms with Crippen LogP contribution in [0.4, 0.5) is 10.1 Å². The summed E-state index contributed by atoms with van der Waals surface area (Å²) in [6.07, 6.45) is 2.81. The molecule has 0 bridgehead atoms. The van der Waals surface area contributed by atoms with Gasteiger partial charge < -0.3 is 10.4 Å². The summed E-state index contributed by atoms with van der Waals surface area (Å²) in [6, 6.07) is 5.12. The molecule has 1 aromatic heterocycles. The molecule has 4 heteroatoms. The van der Waals surface area contributed by atoms with Gasteiger partial charge in [0.15, 0.2) is 0 Å². The Hall–Kier alpha value is -2.10. The van der Waals surface area contributed by atoms with Crippen molar-refractivity contribution in [3.05, 3.63) is 53.1 Å². The SMILES string of the molecule is Cc1ccc(NC(C)c2cncc(F)c2)c(C)c1O. The highest BCUT2D eigenvalue weighted by Gasteiger charge is 2.11. The van der Waals surface area contributed by atoms with Crippen molar-refractivity contribution in [3.63, 3.8) is 0 Å². The van der Waals surface area contributed by atoms with Crippen LogP contribution in [0.25, 0.3) is 0 Å². The van der Waals surface area contributed by atoms with Gasteiger partial charge >= 0.3 is 0 Å². The molecule has 1 unspecified atom stereocenters. The lowest BCUT2D eigenvalue weighted by Gasteiger charge is -2.18. The maximum Gasteiger partial charge on any atom is 0.141 e. The zero-order valence-electron chi connectivity index (χ0n) is 11.2. The number of hydrogen-bond acceptors (Lipinski definition) is 3. The molecule has 2 aromatic rings. The second-order valence-corrected chi connectivity index (χ2v) is 4.71. The summed E-state index contributed by atoms with van der Waals surface area (Å²) in [6.45, 7) is 5.63. The van der Waals surface area contributed by atoms with Crippen LogP contribution in [-0.2, 0) is 0 Å². The number of benzene rings is 1. The van der Waals surface area contributed by atoms with E-state index in [1.165, 1.54) is 12.3 Å². The Balaban J connectivity index is 2.24. The summed E-state index contributed by atoms with van der Waals surface area (Å²) in [5.41, 5.74) is 3.22. The topological polar surface area (TPSA) is 45.2 Å². The predicted molar refractivity (Wildman–Crippen MR) is 73.8 cm³/mol. The van der Waals surface area contributed by atoms with Crippen LogP contribution in [0.5, 0.6) is 5.75 Å². The van der Waals surface area contributed by atoms with E-state index in [1.807, 2.05) is 32.9 Å². The van der Waals surface area contributed by atoms with Crippen molar-refractivity contribution in [1.82, 2.24) is 4.98 Å². The minimum Gasteiger partial charge on any atom is -0.507 e. The average molecular weight is 260 g/mol. The monoisotopic (exact) mass is 260 g/mol. The van der Waals surface area contributed by atoms with E-state index in [0.29, 0.717) is 0 Å². The Labute approximate surface area is 112 Å². The van der Waals surface area contributed by atoms with Gasteiger partial charge in [0.2, 0.25) is 0 Å². The zero-order valence-corrected chi connectivity index (χ0v) is 11.2. The molecule has 19 heavy (non-hydrogen) atoms. The molecule has 1 aromatic carbocycles. The number of pyridine rings is 1. The predicted octanol–water partition coefficient (Wildman–Crippen LogP) is 3.72. The minimum absolute atomic E-state index is 0.0935. The lowest BCUT2D eigenvalue weighted by atomic mass is 10.1. The number of phenolic OH excluding ortho intramolecular Hbond substituents is 1. The molecule has 3 nitrogen and oxygen atoms in total. The van der Waals surface area contributed by atoms with Crippen molar-refractivity contribution in [2.75, 3.05) is 5.32 Å². The van der Waals surface area contributed by atoms with E-state index in [4.69, 9.17) is 0 Å². The number of aromatic hydroxyl groups is 1. The largest absolute Gasteiger partial charge is 0.507 e. The van der Waals surface area contributed by atoms with E-state index >= 15 is 0 Å². The molecule has 0 aliphatic carbocycles. The van der Waals surface area contributed by atoms with E-state index in [2.05, 4.69) is 10.3 Å². The highest BCUT2D eigenvalue weighted by atomic mass is 19.1. The maximum atomic E-state index is 13.1. The standard InChI is InChI=1S/C15H17FN2O/c1-9-4-5-14(10(2)15(9)19)18-11(3)12-6-13(16)8-17-7-12/h4-8,11,18-19H,1-3H3. The molecule has 0 fully saturated rings. The fourth-order valence-corrected chi connectivity index (χ4v) is 1.97. The number of phenols is 1. The van der Waals surface area contributed by atoms with Crippen molar-refractivity contribution >= 4 is 5.69 Å². The van der Waals surface area contributed by atoms with E-state index in [9.17, 15) is 9.50 Å². The van der Waals surface area contributed by atoms with Gasteiger partial charge in [-0.1, -0.05) is 6.07 Å². The van der Waals surface area contributed by atoms with Gasteiger partial charge in [0.25, 0.3) is 0 Å². The third kappa shape index (κ3) is 2.84. The minimum atomic E-state index is -0.352. The number of nitrogens with one attached hydrogen (secondary N) is 1. The van der Waals surface area contributed by atoms with Crippen molar-refractivity contribution < 1.29 is 9.50 Å². The molecule has 0 spiro atoms. The Morgan fingerprint density at radius 2 is 2.00 bits per heavy atom. The fraction of sp³-hybridized carbons (Fsp3) is 0.267. The van der Waals surface area contributed by atoms with Crippen LogP contribution < -0.4 is 5.32 Å². The van der Waals surface area contributed by atoms with Gasteiger partial charge in [-0.2, -0.15) is 0 Å². The van der Waals surface area contributed by atoms with Crippen LogP contribution in [0.15, 0.2) is 30.6 Å². The van der Waals surface area contributed by atoms with E-state index in [1.54, 1.807) is 6.20 Å². The quantitative estimate of drug-likeness (QED) is 0.884. The van der Waals surface area contributed by atoms with Gasteiger partial charge in [-0.05, 0) is 44.0 Å². The molecule has 0 saturated heterocycles. The highest BCUT2D eigenvalue weighted by molar-refractivity contribution is 5.59. The van der Waals surface area contributed by atoms with Gasteiger partial charge in [-0.25, -0.2) is 4.39 Å². The first-order chi connectivity index (χ1) is 8.99. The van der Waals surface area contributed by atoms with E-state index in [-0.39, 0.29) is 17.6 Å². The Morgan fingerprint density at radius 1 is 1.26 bits per heavy atom. The number of halogens is 1. The Bertz CT molecular complexity index is 599. The molecule has 0 aliphatic heterocycles. The van der Waals surface area contributed by atoms with Crippen LogP contribution in [-0.4, -0.2) is 10.1 Å². The second kappa shape index (κ2) is 5.26. The summed E-state index contributed by atoms with van der Waals surface area (Å²) >= 11 is 0. The zero-order chi connectivity index (χ0) is 14.0. The van der Waals surface area contributed by atoms with Crippen molar-refractivity contribution in [2.24, 2.45) is 0 Å². The fourth-order valence-electron chi connectivity index (χ4n) is 1.97. The maximum absolute atomic E-state index is 13.1. The van der Waals surface area contributed by atoms with Crippen LogP contribution in [0.3, 0.4) is 0 Å². The smallest absolute Gasteiger partial charge is 0.141 e. The number of rotatable bonds is 3. The highest BCUT2D eigenvalue weighted by Crippen LogP contribution is 2.30. The molecule has 2 N–H and O–H groups in total. The average Bonchev–Trinajstić information content (AvgIpc) is 2.39. The van der Waals surface area contributed by atoms with Gasteiger partial charge in [0.05, 0.1) is 12.2 Å². The summed E-state index contributed by atoms with van der Waals surface area (Å²) in [7, 11) is 0. The molecule has 0 saturated carbocycles. The van der Waals surface area contributed by atoms with Crippen molar-refractivity contribution in [3.8, 4) is 5.75 Å². The lowest BCUT2D eigenvalue weighted by Crippen LogP contribution is -2.08. The van der Waals surface area contributed by atoms with E-state index in [0.717, 1.165) is 22.4 Å². The first-order valence-corrected chi connectivity index (χ1v) is 6.15. The van der Waals surface area contributed by atoms with Crippen LogP contribution in [0.1, 0.15) is 29.7 Å². The molecule has 0 radical (unpaired) electrons. The molecule has 1 heterocycles. The van der Waals surface area contributed by atoms with Crippen LogP contribution in [0.2, 0.25) is 0 Å². The number of aryl methyl sites for hydroxylation is 1. The first kappa shape index (κ1) is 13.3. The first-order valence-electron chi connectivity index (χ1n) is 6.15. The van der Waals surface area contributed by atoms with Crippen LogP contribution >= 0.6 is 0 Å². The summed E-state index contributed by atoms with van der Waals surface area (Å²) in [5.74, 6) is -0.0656. The molecule has 1 atom stereocenters. The Kier molecular flexibility index (Phi) is 3.69. The Morgan fingerprint density at radius 3 is 2.68 bits per heavy atom. The van der Waals surface area contributed by atoms with Gasteiger partial charge in [0, 0.05) is 17.4 Å². The molecule has 0 aliphatic rings. The second-order valence-electron chi connectivity index (χ2n) is 4.71. The number of nitrogens with zero attached hydrogens (tertiary/aromatic N) is 1. The summed E-state index contributed by atoms with van der Waals surface area (Å²) < 4.78 is 13.1. The molecule has 2 rings (SSSR count). The summed E-state index contributed by atoms with van der Waals surface area (Å²) in [4.78, 5) is 3.84. The van der Waals surface area contributed by atoms with Crippen molar-refractivity contribution in [1.29, 1.82) is 0 Å².